The van der Waals surface area contributed by atoms with Gasteiger partial charge in [0.1, 0.15) is 11.9 Å². The lowest BCUT2D eigenvalue weighted by atomic mass is 10.0. The zero-order valence-electron chi connectivity index (χ0n) is 10.1. The molecule has 1 aliphatic heterocycles. The number of methoxy groups -OCH3 is 1. The minimum atomic E-state index is 0.206. The Balaban J connectivity index is 2.21. The lowest BCUT2D eigenvalue weighted by molar-refractivity contribution is 0.202. The molecule has 2 rings (SSSR count). The van der Waals surface area contributed by atoms with Crippen LogP contribution in [0, 0.1) is 0 Å². The van der Waals surface area contributed by atoms with Gasteiger partial charge < -0.3 is 14.8 Å². The van der Waals surface area contributed by atoms with Gasteiger partial charge in [-0.3, -0.25) is 0 Å². The topological polar surface area (TPSA) is 30.5 Å². The molecule has 2 atom stereocenters. The van der Waals surface area contributed by atoms with Crippen molar-refractivity contribution in [3.63, 3.8) is 0 Å². The third-order valence-corrected chi connectivity index (χ3v) is 3.10. The van der Waals surface area contributed by atoms with E-state index in [-0.39, 0.29) is 6.10 Å². The van der Waals surface area contributed by atoms with Gasteiger partial charge in [0.2, 0.25) is 0 Å². The summed E-state index contributed by atoms with van der Waals surface area (Å²) in [5, 5.41) is 3.30. The van der Waals surface area contributed by atoms with Gasteiger partial charge in [-0.05, 0) is 32.0 Å². The lowest BCUT2D eigenvalue weighted by Crippen LogP contribution is -2.25. The highest BCUT2D eigenvalue weighted by Crippen LogP contribution is 2.36. The summed E-state index contributed by atoms with van der Waals surface area (Å²) >= 11 is 0. The molecule has 1 aliphatic rings. The molecule has 88 valence electrons. The van der Waals surface area contributed by atoms with E-state index in [9.17, 15) is 0 Å². The number of likely N-dealkylation sites (N-methyl/N-ethyl adjacent to an activating group) is 1. The van der Waals surface area contributed by atoms with E-state index in [4.69, 9.17) is 9.47 Å². The van der Waals surface area contributed by atoms with E-state index in [1.54, 1.807) is 7.11 Å². The van der Waals surface area contributed by atoms with Crippen LogP contribution in [0.15, 0.2) is 18.2 Å². The molecule has 0 aromatic heterocycles. The van der Waals surface area contributed by atoms with Gasteiger partial charge in [0, 0.05) is 12.7 Å². The molecule has 0 saturated heterocycles. The van der Waals surface area contributed by atoms with Crippen molar-refractivity contribution in [1.29, 1.82) is 0 Å². The van der Waals surface area contributed by atoms with Crippen LogP contribution in [0.5, 0.6) is 5.75 Å². The average molecular weight is 221 g/mol. The molecule has 0 radical (unpaired) electrons. The maximum Gasteiger partial charge on any atom is 0.124 e. The summed E-state index contributed by atoms with van der Waals surface area (Å²) in [5.74, 6) is 1.01. The molecule has 3 heteroatoms. The smallest absolute Gasteiger partial charge is 0.124 e. The molecular formula is C13H19NO2. The minimum Gasteiger partial charge on any atom is -0.488 e. The summed E-state index contributed by atoms with van der Waals surface area (Å²) in [5.41, 5.74) is 2.57. The molecule has 0 spiro atoms. The van der Waals surface area contributed by atoms with Crippen molar-refractivity contribution in [2.24, 2.45) is 0 Å². The van der Waals surface area contributed by atoms with Gasteiger partial charge in [-0.1, -0.05) is 12.1 Å². The molecule has 3 nitrogen and oxygen atoms in total. The largest absolute Gasteiger partial charge is 0.488 e. The van der Waals surface area contributed by atoms with Gasteiger partial charge in [-0.15, -0.1) is 0 Å². The predicted molar refractivity (Wildman–Crippen MR) is 63.9 cm³/mol. The fourth-order valence-electron chi connectivity index (χ4n) is 2.24. The van der Waals surface area contributed by atoms with Gasteiger partial charge in [0.25, 0.3) is 0 Å². The normalized spacial score (nSPS) is 22.9. The van der Waals surface area contributed by atoms with Crippen LogP contribution in [0.2, 0.25) is 0 Å². The summed E-state index contributed by atoms with van der Waals surface area (Å²) in [6.45, 7) is 2.86. The summed E-state index contributed by atoms with van der Waals surface area (Å²) in [6.07, 6.45) is 1.16. The Morgan fingerprint density at radius 2 is 2.25 bits per heavy atom. The maximum absolute atomic E-state index is 5.78. The standard InChI is InChI=1S/C13H19NO2/c1-9-13(14-2)11-8-10(6-7-15-3)4-5-12(11)16-9/h4-5,8-9,13-14H,6-7H2,1-3H3. The number of hydrogen-bond acceptors (Lipinski definition) is 3. The third kappa shape index (κ3) is 2.06. The van der Waals surface area contributed by atoms with Crippen LogP contribution in [-0.4, -0.2) is 26.9 Å². The van der Waals surface area contributed by atoms with Crippen molar-refractivity contribution >= 4 is 0 Å². The molecule has 16 heavy (non-hydrogen) atoms. The quantitative estimate of drug-likeness (QED) is 0.842. The Morgan fingerprint density at radius 1 is 1.44 bits per heavy atom. The molecule has 1 aromatic carbocycles. The maximum atomic E-state index is 5.78. The van der Waals surface area contributed by atoms with E-state index in [1.165, 1.54) is 11.1 Å². The van der Waals surface area contributed by atoms with E-state index in [1.807, 2.05) is 7.05 Å². The number of rotatable bonds is 4. The summed E-state index contributed by atoms with van der Waals surface area (Å²) < 4.78 is 10.9. The first-order valence-corrected chi connectivity index (χ1v) is 5.72. The van der Waals surface area contributed by atoms with Crippen LogP contribution in [-0.2, 0) is 11.2 Å². The SMILES string of the molecule is CNC1c2cc(CCOC)ccc2OC1C. The highest BCUT2D eigenvalue weighted by molar-refractivity contribution is 5.43. The van der Waals surface area contributed by atoms with Crippen molar-refractivity contribution in [2.75, 3.05) is 20.8 Å². The molecule has 0 saturated carbocycles. The van der Waals surface area contributed by atoms with Crippen molar-refractivity contribution in [3.05, 3.63) is 29.3 Å². The first-order valence-electron chi connectivity index (χ1n) is 5.72. The third-order valence-electron chi connectivity index (χ3n) is 3.10. The Kier molecular flexibility index (Phi) is 3.46. The minimum absolute atomic E-state index is 0.206. The second-order valence-electron chi connectivity index (χ2n) is 4.20. The molecule has 1 aromatic rings. The van der Waals surface area contributed by atoms with E-state index >= 15 is 0 Å². The Labute approximate surface area is 96.8 Å². The average Bonchev–Trinajstić information content (AvgIpc) is 2.61. The van der Waals surface area contributed by atoms with Crippen LogP contribution >= 0.6 is 0 Å². The Bertz CT molecular complexity index is 365. The molecule has 1 heterocycles. The van der Waals surface area contributed by atoms with Crippen LogP contribution in [0.25, 0.3) is 0 Å². The molecule has 0 bridgehead atoms. The highest BCUT2D eigenvalue weighted by Gasteiger charge is 2.29. The molecular weight excluding hydrogens is 202 g/mol. The molecule has 1 N–H and O–H groups in total. The Morgan fingerprint density at radius 3 is 2.94 bits per heavy atom. The zero-order valence-corrected chi connectivity index (χ0v) is 10.1. The predicted octanol–water partition coefficient (Wildman–Crippen LogP) is 1.92. The number of hydrogen-bond donors (Lipinski definition) is 1. The summed E-state index contributed by atoms with van der Waals surface area (Å²) in [4.78, 5) is 0. The fraction of sp³-hybridized carbons (Fsp3) is 0.538. The second-order valence-corrected chi connectivity index (χ2v) is 4.20. The fourth-order valence-corrected chi connectivity index (χ4v) is 2.24. The van der Waals surface area contributed by atoms with E-state index in [0.29, 0.717) is 6.04 Å². The first kappa shape index (κ1) is 11.4. The van der Waals surface area contributed by atoms with Gasteiger partial charge in [-0.2, -0.15) is 0 Å². The first-order chi connectivity index (χ1) is 7.76. The lowest BCUT2D eigenvalue weighted by Gasteiger charge is -2.13. The van der Waals surface area contributed by atoms with Crippen molar-refractivity contribution in [1.82, 2.24) is 5.32 Å². The summed E-state index contributed by atoms with van der Waals surface area (Å²) in [7, 11) is 3.70. The summed E-state index contributed by atoms with van der Waals surface area (Å²) in [6, 6.07) is 6.70. The second kappa shape index (κ2) is 4.85. The number of benzene rings is 1. The van der Waals surface area contributed by atoms with Crippen LogP contribution in [0.3, 0.4) is 0 Å². The van der Waals surface area contributed by atoms with Crippen molar-refractivity contribution in [2.45, 2.75) is 25.5 Å². The number of nitrogens with one attached hydrogen (secondary N) is 1. The van der Waals surface area contributed by atoms with Crippen LogP contribution < -0.4 is 10.1 Å². The van der Waals surface area contributed by atoms with E-state index < -0.39 is 0 Å². The van der Waals surface area contributed by atoms with Gasteiger partial charge >= 0.3 is 0 Å². The van der Waals surface area contributed by atoms with E-state index in [2.05, 4.69) is 30.4 Å². The molecule has 0 aliphatic carbocycles. The monoisotopic (exact) mass is 221 g/mol. The molecule has 2 unspecified atom stereocenters. The van der Waals surface area contributed by atoms with Crippen LogP contribution in [0.1, 0.15) is 24.1 Å². The van der Waals surface area contributed by atoms with E-state index in [0.717, 1.165) is 18.8 Å². The zero-order chi connectivity index (χ0) is 11.5. The highest BCUT2D eigenvalue weighted by atomic mass is 16.5. The van der Waals surface area contributed by atoms with Gasteiger partial charge in [-0.25, -0.2) is 0 Å². The van der Waals surface area contributed by atoms with Crippen molar-refractivity contribution < 1.29 is 9.47 Å². The van der Waals surface area contributed by atoms with Gasteiger partial charge in [0.15, 0.2) is 0 Å². The van der Waals surface area contributed by atoms with Crippen LogP contribution in [0.4, 0.5) is 0 Å². The number of fused-ring (bicyclic) bond motifs is 1. The van der Waals surface area contributed by atoms with Crippen molar-refractivity contribution in [3.8, 4) is 5.75 Å². The number of ether oxygens (including phenoxy) is 2. The molecule has 0 amide bonds. The molecule has 0 fully saturated rings. The van der Waals surface area contributed by atoms with Gasteiger partial charge in [0.05, 0.1) is 12.6 Å². The Hall–Kier alpha value is -1.06.